The van der Waals surface area contributed by atoms with Crippen molar-refractivity contribution in [2.75, 3.05) is 20.2 Å². The van der Waals surface area contributed by atoms with Crippen LogP contribution in [0.15, 0.2) is 24.3 Å². The normalized spacial score (nSPS) is 22.8. The molecule has 1 aliphatic rings. The molecule has 104 valence electrons. The lowest BCUT2D eigenvalue weighted by Gasteiger charge is -2.29. The summed E-state index contributed by atoms with van der Waals surface area (Å²) in [6, 6.07) is 8.68. The van der Waals surface area contributed by atoms with Gasteiger partial charge >= 0.3 is 6.16 Å². The van der Waals surface area contributed by atoms with Crippen LogP contribution in [0.25, 0.3) is 0 Å². The fourth-order valence-corrected chi connectivity index (χ4v) is 2.46. The SMILES string of the molecule is CCc1ccc(C2CNCC(OC(=O)OC)C2)cc1. The van der Waals surface area contributed by atoms with Crippen LogP contribution < -0.4 is 5.32 Å². The minimum Gasteiger partial charge on any atom is -0.438 e. The molecule has 0 amide bonds. The van der Waals surface area contributed by atoms with Crippen LogP contribution in [-0.4, -0.2) is 32.5 Å². The van der Waals surface area contributed by atoms with E-state index in [0.29, 0.717) is 12.5 Å². The Labute approximate surface area is 114 Å². The van der Waals surface area contributed by atoms with Crippen molar-refractivity contribution < 1.29 is 14.3 Å². The third-order valence-corrected chi connectivity index (χ3v) is 3.60. The molecule has 0 spiro atoms. The van der Waals surface area contributed by atoms with Crippen molar-refractivity contribution in [3.8, 4) is 0 Å². The topological polar surface area (TPSA) is 47.6 Å². The summed E-state index contributed by atoms with van der Waals surface area (Å²) >= 11 is 0. The molecule has 0 radical (unpaired) electrons. The first-order chi connectivity index (χ1) is 9.22. The van der Waals surface area contributed by atoms with Crippen molar-refractivity contribution in [2.45, 2.75) is 31.8 Å². The molecule has 4 nitrogen and oxygen atoms in total. The van der Waals surface area contributed by atoms with Gasteiger partial charge in [-0.05, 0) is 29.9 Å². The maximum atomic E-state index is 11.1. The molecule has 0 aliphatic carbocycles. The Kier molecular flexibility index (Phi) is 4.80. The molecule has 0 aromatic heterocycles. The van der Waals surface area contributed by atoms with Crippen LogP contribution in [0.2, 0.25) is 0 Å². The van der Waals surface area contributed by atoms with Gasteiger partial charge < -0.3 is 14.8 Å². The van der Waals surface area contributed by atoms with Crippen molar-refractivity contribution in [1.29, 1.82) is 0 Å². The zero-order valence-electron chi connectivity index (χ0n) is 11.5. The Morgan fingerprint density at radius 3 is 2.68 bits per heavy atom. The number of carbonyl (C=O) groups excluding carboxylic acids is 1. The van der Waals surface area contributed by atoms with E-state index in [9.17, 15) is 4.79 Å². The Bertz CT molecular complexity index is 416. The zero-order valence-corrected chi connectivity index (χ0v) is 11.5. The highest BCUT2D eigenvalue weighted by atomic mass is 16.7. The first kappa shape index (κ1) is 13.9. The van der Waals surface area contributed by atoms with Crippen LogP contribution >= 0.6 is 0 Å². The van der Waals surface area contributed by atoms with E-state index in [1.807, 2.05) is 0 Å². The van der Waals surface area contributed by atoms with Crippen molar-refractivity contribution in [2.24, 2.45) is 0 Å². The molecule has 1 fully saturated rings. The molecule has 19 heavy (non-hydrogen) atoms. The standard InChI is InChI=1S/C15H21NO3/c1-3-11-4-6-12(7-5-11)13-8-14(10-16-9-13)19-15(17)18-2/h4-7,13-14,16H,3,8-10H2,1-2H3. The van der Waals surface area contributed by atoms with Crippen LogP contribution in [0.4, 0.5) is 4.79 Å². The first-order valence-corrected chi connectivity index (χ1v) is 6.77. The van der Waals surface area contributed by atoms with Crippen molar-refractivity contribution in [3.05, 3.63) is 35.4 Å². The number of piperidine rings is 1. The Morgan fingerprint density at radius 1 is 1.32 bits per heavy atom. The zero-order chi connectivity index (χ0) is 13.7. The fraction of sp³-hybridized carbons (Fsp3) is 0.533. The molecule has 1 saturated heterocycles. The Morgan fingerprint density at radius 2 is 2.05 bits per heavy atom. The molecule has 1 aliphatic heterocycles. The minimum atomic E-state index is -0.603. The van der Waals surface area contributed by atoms with Gasteiger partial charge in [0.15, 0.2) is 0 Å². The first-order valence-electron chi connectivity index (χ1n) is 6.77. The predicted molar refractivity (Wildman–Crippen MR) is 73.3 cm³/mol. The number of hydrogen-bond donors (Lipinski definition) is 1. The molecule has 1 N–H and O–H groups in total. The highest BCUT2D eigenvalue weighted by molar-refractivity contribution is 5.59. The molecule has 1 aromatic rings. The molecule has 2 rings (SSSR count). The van der Waals surface area contributed by atoms with E-state index >= 15 is 0 Å². The summed E-state index contributed by atoms with van der Waals surface area (Å²) in [6.45, 7) is 3.77. The summed E-state index contributed by atoms with van der Waals surface area (Å²) in [4.78, 5) is 11.1. The van der Waals surface area contributed by atoms with Gasteiger partial charge in [-0.15, -0.1) is 0 Å². The summed E-state index contributed by atoms with van der Waals surface area (Å²) < 4.78 is 9.75. The summed E-state index contributed by atoms with van der Waals surface area (Å²) in [6.07, 6.45) is 1.18. The Hall–Kier alpha value is -1.55. The average Bonchev–Trinajstić information content (AvgIpc) is 2.47. The van der Waals surface area contributed by atoms with Crippen molar-refractivity contribution >= 4 is 6.16 Å². The molecule has 0 bridgehead atoms. The van der Waals surface area contributed by atoms with E-state index in [4.69, 9.17) is 4.74 Å². The number of rotatable bonds is 3. The maximum Gasteiger partial charge on any atom is 0.508 e. The second-order valence-electron chi connectivity index (χ2n) is 4.88. The van der Waals surface area contributed by atoms with Gasteiger partial charge in [0, 0.05) is 13.1 Å². The maximum absolute atomic E-state index is 11.1. The number of carbonyl (C=O) groups is 1. The molecule has 1 heterocycles. The van der Waals surface area contributed by atoms with E-state index in [0.717, 1.165) is 19.4 Å². The second kappa shape index (κ2) is 6.57. The average molecular weight is 263 g/mol. The lowest BCUT2D eigenvalue weighted by molar-refractivity contribution is 0.0250. The van der Waals surface area contributed by atoms with Gasteiger partial charge in [-0.2, -0.15) is 0 Å². The van der Waals surface area contributed by atoms with Crippen LogP contribution in [0, 0.1) is 0 Å². The van der Waals surface area contributed by atoms with E-state index in [2.05, 4.69) is 41.2 Å². The molecule has 1 aromatic carbocycles. The number of benzene rings is 1. The number of aryl methyl sites for hydroxylation is 1. The lowest BCUT2D eigenvalue weighted by Crippen LogP contribution is -2.40. The highest BCUT2D eigenvalue weighted by Crippen LogP contribution is 2.25. The van der Waals surface area contributed by atoms with E-state index in [-0.39, 0.29) is 6.10 Å². The van der Waals surface area contributed by atoms with E-state index in [1.165, 1.54) is 18.2 Å². The van der Waals surface area contributed by atoms with Gasteiger partial charge in [0.25, 0.3) is 0 Å². The number of methoxy groups -OCH3 is 1. The minimum absolute atomic E-state index is 0.114. The van der Waals surface area contributed by atoms with Crippen molar-refractivity contribution in [1.82, 2.24) is 5.32 Å². The Balaban J connectivity index is 1.97. The van der Waals surface area contributed by atoms with Gasteiger partial charge in [-0.1, -0.05) is 31.2 Å². The molecule has 2 atom stereocenters. The summed E-state index contributed by atoms with van der Waals surface area (Å²) in [7, 11) is 1.33. The molecular weight excluding hydrogens is 242 g/mol. The monoisotopic (exact) mass is 263 g/mol. The second-order valence-corrected chi connectivity index (χ2v) is 4.88. The van der Waals surface area contributed by atoms with Crippen LogP contribution in [0.5, 0.6) is 0 Å². The lowest BCUT2D eigenvalue weighted by atomic mass is 9.89. The van der Waals surface area contributed by atoms with Crippen LogP contribution in [0.3, 0.4) is 0 Å². The van der Waals surface area contributed by atoms with Crippen LogP contribution in [-0.2, 0) is 15.9 Å². The summed E-state index contributed by atoms with van der Waals surface area (Å²) in [5.41, 5.74) is 2.64. The smallest absolute Gasteiger partial charge is 0.438 e. The number of ether oxygens (including phenoxy) is 2. The van der Waals surface area contributed by atoms with E-state index in [1.54, 1.807) is 0 Å². The van der Waals surface area contributed by atoms with Crippen LogP contribution in [0.1, 0.15) is 30.4 Å². The van der Waals surface area contributed by atoms with Crippen molar-refractivity contribution in [3.63, 3.8) is 0 Å². The third kappa shape index (κ3) is 3.70. The summed E-state index contributed by atoms with van der Waals surface area (Å²) in [5.74, 6) is 0.384. The molecule has 0 saturated carbocycles. The van der Waals surface area contributed by atoms with Gasteiger partial charge in [0.1, 0.15) is 6.10 Å². The molecule has 2 unspecified atom stereocenters. The van der Waals surface area contributed by atoms with E-state index < -0.39 is 6.16 Å². The third-order valence-electron chi connectivity index (χ3n) is 3.60. The fourth-order valence-electron chi connectivity index (χ4n) is 2.46. The molecule has 4 heteroatoms. The summed E-state index contributed by atoms with van der Waals surface area (Å²) in [5, 5.41) is 3.31. The van der Waals surface area contributed by atoms with Gasteiger partial charge in [0.05, 0.1) is 7.11 Å². The predicted octanol–water partition coefficient (Wildman–Crippen LogP) is 2.48. The van der Waals surface area contributed by atoms with Gasteiger partial charge in [-0.25, -0.2) is 4.79 Å². The highest BCUT2D eigenvalue weighted by Gasteiger charge is 2.25. The van der Waals surface area contributed by atoms with Gasteiger partial charge in [0.2, 0.25) is 0 Å². The molecular formula is C15H21NO3. The quantitative estimate of drug-likeness (QED) is 0.851. The number of hydrogen-bond acceptors (Lipinski definition) is 4. The van der Waals surface area contributed by atoms with Gasteiger partial charge in [-0.3, -0.25) is 0 Å². The largest absolute Gasteiger partial charge is 0.508 e. The number of nitrogens with one attached hydrogen (secondary N) is 1.